The number of anilines is 2. The molecule has 0 saturated carbocycles. The van der Waals surface area contributed by atoms with Crippen molar-refractivity contribution in [3.05, 3.63) is 58.1 Å². The summed E-state index contributed by atoms with van der Waals surface area (Å²) in [5, 5.41) is 13.5. The van der Waals surface area contributed by atoms with Crippen LogP contribution in [0.1, 0.15) is 24.8 Å². The van der Waals surface area contributed by atoms with Gasteiger partial charge in [-0.15, -0.1) is 0 Å². The number of nitrogens with two attached hydrogens (primary N) is 2. The number of rotatable bonds is 10. The second-order valence-corrected chi connectivity index (χ2v) is 7.32. The van der Waals surface area contributed by atoms with E-state index >= 15 is 0 Å². The van der Waals surface area contributed by atoms with Gasteiger partial charge in [0.25, 0.3) is 0 Å². The molecular weight excluding hydrogens is 401 g/mol. The lowest BCUT2D eigenvalue weighted by atomic mass is 9.85. The maximum Gasteiger partial charge on any atom is 0.331 e. The highest BCUT2D eigenvalue weighted by molar-refractivity contribution is 6.39. The van der Waals surface area contributed by atoms with Crippen molar-refractivity contribution in [2.75, 3.05) is 11.9 Å². The summed E-state index contributed by atoms with van der Waals surface area (Å²) in [6.45, 7) is 0.412. The van der Waals surface area contributed by atoms with Gasteiger partial charge >= 0.3 is 5.97 Å². The monoisotopic (exact) mass is 423 g/mol. The fourth-order valence-corrected chi connectivity index (χ4v) is 3.28. The van der Waals surface area contributed by atoms with Crippen LogP contribution in [0.25, 0.3) is 0 Å². The molecule has 0 bridgehead atoms. The van der Waals surface area contributed by atoms with Gasteiger partial charge in [-0.25, -0.2) is 4.79 Å². The van der Waals surface area contributed by atoms with Crippen LogP contribution in [0.3, 0.4) is 0 Å². The van der Waals surface area contributed by atoms with Gasteiger partial charge in [-0.1, -0.05) is 47.5 Å². The molecule has 0 fully saturated rings. The molecule has 150 valence electrons. The number of benzene rings is 2. The number of hydrogen-bond donors (Lipinski definition) is 4. The molecule has 2 rings (SSSR count). The maximum absolute atomic E-state index is 12.8. The summed E-state index contributed by atoms with van der Waals surface area (Å²) in [5.74, 6) is -1.91. The molecule has 0 aromatic heterocycles. The molecule has 6 N–H and O–H groups in total. The van der Waals surface area contributed by atoms with Crippen molar-refractivity contribution in [2.45, 2.75) is 31.2 Å². The Balaban J connectivity index is 2.26. The first-order valence-electron chi connectivity index (χ1n) is 8.84. The minimum absolute atomic E-state index is 0.0320. The molecule has 0 saturated heterocycles. The lowest BCUT2D eigenvalue weighted by Gasteiger charge is -2.24. The zero-order chi connectivity index (χ0) is 20.7. The van der Waals surface area contributed by atoms with E-state index in [-0.39, 0.29) is 12.8 Å². The first kappa shape index (κ1) is 22.2. The van der Waals surface area contributed by atoms with E-state index in [9.17, 15) is 14.7 Å². The van der Waals surface area contributed by atoms with Gasteiger partial charge in [0.15, 0.2) is 11.3 Å². The third kappa shape index (κ3) is 5.23. The molecule has 6 nitrogen and oxygen atoms in total. The highest BCUT2D eigenvalue weighted by atomic mass is 35.5. The SMILES string of the molecule is NCCCC[C@@](N)(C(=O)O)C(=O)Cc1ccccc1Nc1c(Cl)cccc1Cl. The number of carboxylic acid groups (broad SMARTS) is 1. The molecular formula is C20H23Cl2N3O3. The van der Waals surface area contributed by atoms with Crippen LogP contribution < -0.4 is 16.8 Å². The van der Waals surface area contributed by atoms with E-state index in [1.165, 1.54) is 0 Å². The molecule has 8 heteroatoms. The Morgan fingerprint density at radius 1 is 1.04 bits per heavy atom. The Morgan fingerprint density at radius 3 is 2.29 bits per heavy atom. The first-order valence-corrected chi connectivity index (χ1v) is 9.59. The number of halogens is 2. The number of unbranched alkanes of at least 4 members (excludes halogenated alkanes) is 1. The van der Waals surface area contributed by atoms with E-state index in [0.717, 1.165) is 0 Å². The predicted octanol–water partition coefficient (Wildman–Crippen LogP) is 3.76. The van der Waals surface area contributed by atoms with Crippen molar-refractivity contribution in [1.29, 1.82) is 0 Å². The Morgan fingerprint density at radius 2 is 1.68 bits per heavy atom. The molecule has 0 aliphatic rings. The highest BCUT2D eigenvalue weighted by Crippen LogP contribution is 2.34. The highest BCUT2D eigenvalue weighted by Gasteiger charge is 2.41. The molecule has 0 aliphatic heterocycles. The van der Waals surface area contributed by atoms with Crippen molar-refractivity contribution in [2.24, 2.45) is 11.5 Å². The number of carboxylic acids is 1. The zero-order valence-corrected chi connectivity index (χ0v) is 16.8. The summed E-state index contributed by atoms with van der Waals surface area (Å²) in [6.07, 6.45) is 0.948. The second kappa shape index (κ2) is 9.89. The molecule has 1 atom stereocenters. The summed E-state index contributed by atoms with van der Waals surface area (Å²) in [7, 11) is 0. The van der Waals surface area contributed by atoms with Crippen LogP contribution in [0.2, 0.25) is 10.0 Å². The van der Waals surface area contributed by atoms with Crippen molar-refractivity contribution in [1.82, 2.24) is 0 Å². The lowest BCUT2D eigenvalue weighted by molar-refractivity contribution is -0.148. The molecule has 28 heavy (non-hydrogen) atoms. The van der Waals surface area contributed by atoms with Gasteiger partial charge in [0, 0.05) is 12.1 Å². The van der Waals surface area contributed by atoms with Crippen molar-refractivity contribution in [3.63, 3.8) is 0 Å². The van der Waals surface area contributed by atoms with Crippen LogP contribution in [0.15, 0.2) is 42.5 Å². The Bertz CT molecular complexity index is 840. The quantitative estimate of drug-likeness (QED) is 0.341. The molecule has 0 amide bonds. The van der Waals surface area contributed by atoms with Gasteiger partial charge in [0.05, 0.1) is 15.7 Å². The van der Waals surface area contributed by atoms with Crippen LogP contribution in [-0.4, -0.2) is 28.9 Å². The third-order valence-electron chi connectivity index (χ3n) is 4.50. The standard InChI is InChI=1S/C20H23Cl2N3O3/c21-14-7-5-8-15(22)18(14)25-16-9-2-1-6-13(16)12-17(26)20(24,19(27)28)10-3-4-11-23/h1-2,5-9,25H,3-4,10-12,23-24H2,(H,27,28)/t20-/m0/s1. The van der Waals surface area contributed by atoms with E-state index in [4.69, 9.17) is 34.7 Å². The van der Waals surface area contributed by atoms with Gasteiger partial charge in [0.2, 0.25) is 0 Å². The number of nitrogens with one attached hydrogen (secondary N) is 1. The molecule has 0 spiro atoms. The summed E-state index contributed by atoms with van der Waals surface area (Å²) in [5.41, 5.74) is 11.2. The maximum atomic E-state index is 12.8. The number of ketones is 1. The normalized spacial score (nSPS) is 13.0. The number of hydrogen-bond acceptors (Lipinski definition) is 5. The van der Waals surface area contributed by atoms with E-state index in [0.29, 0.717) is 46.4 Å². The lowest BCUT2D eigenvalue weighted by Crippen LogP contribution is -2.55. The number of para-hydroxylation sites is 2. The molecule has 0 heterocycles. The third-order valence-corrected chi connectivity index (χ3v) is 5.13. The molecule has 2 aromatic carbocycles. The zero-order valence-electron chi connectivity index (χ0n) is 15.3. The van der Waals surface area contributed by atoms with E-state index < -0.39 is 17.3 Å². The summed E-state index contributed by atoms with van der Waals surface area (Å²) in [6, 6.07) is 12.1. The van der Waals surface area contributed by atoms with Crippen LogP contribution in [0.4, 0.5) is 11.4 Å². The molecule has 0 unspecified atom stereocenters. The molecule has 0 radical (unpaired) electrons. The predicted molar refractivity (Wildman–Crippen MR) is 112 cm³/mol. The summed E-state index contributed by atoms with van der Waals surface area (Å²) in [4.78, 5) is 24.5. The van der Waals surface area contributed by atoms with Gasteiger partial charge in [-0.05, 0) is 49.6 Å². The molecule has 0 aliphatic carbocycles. The topological polar surface area (TPSA) is 118 Å². The Labute approximate surface area is 173 Å². The first-order chi connectivity index (χ1) is 13.3. The number of aliphatic carboxylic acids is 1. The van der Waals surface area contributed by atoms with Crippen LogP contribution >= 0.6 is 23.2 Å². The second-order valence-electron chi connectivity index (χ2n) is 6.50. The number of carbonyl (C=O) groups excluding carboxylic acids is 1. The summed E-state index contributed by atoms with van der Waals surface area (Å²) < 4.78 is 0. The van der Waals surface area contributed by atoms with Crippen LogP contribution in [0.5, 0.6) is 0 Å². The number of Topliss-reactive ketones (excluding diaryl/α,β-unsaturated/α-hetero) is 1. The van der Waals surface area contributed by atoms with E-state index in [1.807, 2.05) is 0 Å². The Hall–Kier alpha value is -2.12. The van der Waals surface area contributed by atoms with Gasteiger partial charge < -0.3 is 21.9 Å². The van der Waals surface area contributed by atoms with Gasteiger partial charge in [-0.3, -0.25) is 4.79 Å². The van der Waals surface area contributed by atoms with Crippen molar-refractivity contribution < 1.29 is 14.7 Å². The summed E-state index contributed by atoms with van der Waals surface area (Å²) >= 11 is 12.4. The molecule has 2 aromatic rings. The average Bonchev–Trinajstić information content (AvgIpc) is 2.66. The van der Waals surface area contributed by atoms with Crippen molar-refractivity contribution in [3.8, 4) is 0 Å². The average molecular weight is 424 g/mol. The van der Waals surface area contributed by atoms with Gasteiger partial charge in [0.1, 0.15) is 0 Å². The minimum Gasteiger partial charge on any atom is -0.480 e. The van der Waals surface area contributed by atoms with Crippen LogP contribution in [0, 0.1) is 0 Å². The fourth-order valence-electron chi connectivity index (χ4n) is 2.79. The fraction of sp³-hybridized carbons (Fsp3) is 0.300. The minimum atomic E-state index is -1.95. The van der Waals surface area contributed by atoms with Crippen LogP contribution in [-0.2, 0) is 16.0 Å². The Kier molecular flexibility index (Phi) is 7.83. The van der Waals surface area contributed by atoms with E-state index in [1.54, 1.807) is 42.5 Å². The smallest absolute Gasteiger partial charge is 0.331 e. The number of carbonyl (C=O) groups is 2. The van der Waals surface area contributed by atoms with Crippen molar-refractivity contribution >= 4 is 46.3 Å². The van der Waals surface area contributed by atoms with Gasteiger partial charge in [-0.2, -0.15) is 0 Å². The largest absolute Gasteiger partial charge is 0.480 e. The van der Waals surface area contributed by atoms with E-state index in [2.05, 4.69) is 5.32 Å².